The number of ether oxygens (including phenoxy) is 2. The molecule has 0 radical (unpaired) electrons. The van der Waals surface area contributed by atoms with Gasteiger partial charge in [-0.1, -0.05) is 42.8 Å². The van der Waals surface area contributed by atoms with Crippen molar-refractivity contribution >= 4 is 46.3 Å². The molecule has 0 aliphatic carbocycles. The van der Waals surface area contributed by atoms with Crippen molar-refractivity contribution < 1.29 is 32.2 Å². The largest absolute Gasteiger partial charge is 0.444 e. The Labute approximate surface area is 272 Å². The molecular weight excluding hydrogens is 641 g/mol. The lowest BCUT2D eigenvalue weighted by molar-refractivity contribution is -0.137. The molecule has 2 amide bonds. The highest BCUT2D eigenvalue weighted by atomic mass is 35.5. The summed E-state index contributed by atoms with van der Waals surface area (Å²) >= 11 is 6.10. The first kappa shape index (κ1) is 33.7. The van der Waals surface area contributed by atoms with Crippen molar-refractivity contribution in [2.75, 3.05) is 23.8 Å². The number of benzene rings is 2. The number of carbonyl (C=O) groups excluding carboxylic acids is 2. The van der Waals surface area contributed by atoms with Crippen molar-refractivity contribution in [3.05, 3.63) is 81.0 Å². The molecule has 0 fully saturated rings. The van der Waals surface area contributed by atoms with Crippen LogP contribution in [-0.4, -0.2) is 50.0 Å². The highest BCUT2D eigenvalue weighted by Gasteiger charge is 2.31. The number of halogens is 4. The second kappa shape index (κ2) is 13.2. The number of para-hydroxylation sites is 1. The summed E-state index contributed by atoms with van der Waals surface area (Å²) in [6.07, 6.45) is -2.77. The van der Waals surface area contributed by atoms with Gasteiger partial charge in [-0.25, -0.2) is 4.79 Å². The van der Waals surface area contributed by atoms with Crippen molar-refractivity contribution in [3.8, 4) is 11.1 Å². The summed E-state index contributed by atoms with van der Waals surface area (Å²) in [6.45, 7) is 7.34. The molecule has 2 aromatic carbocycles. The maximum Gasteiger partial charge on any atom is 0.416 e. The van der Waals surface area contributed by atoms with E-state index in [9.17, 15) is 27.6 Å². The minimum Gasteiger partial charge on any atom is -0.444 e. The molecular formula is C32H32ClF3N6O5. The third-order valence-electron chi connectivity index (χ3n) is 7.14. The lowest BCUT2D eigenvalue weighted by Crippen LogP contribution is -2.30. The van der Waals surface area contributed by atoms with Gasteiger partial charge in [0.25, 0.3) is 5.56 Å². The first-order valence-electron chi connectivity index (χ1n) is 14.7. The highest BCUT2D eigenvalue weighted by Crippen LogP contribution is 2.34. The fourth-order valence-electron chi connectivity index (χ4n) is 5.12. The summed E-state index contributed by atoms with van der Waals surface area (Å²) in [5, 5.41) is 9.49. The maximum absolute atomic E-state index is 14.2. The van der Waals surface area contributed by atoms with E-state index in [1.807, 2.05) is 6.08 Å². The van der Waals surface area contributed by atoms with Crippen LogP contribution in [0.4, 0.5) is 29.3 Å². The predicted molar refractivity (Wildman–Crippen MR) is 170 cm³/mol. The number of hydrogen-bond acceptors (Lipinski definition) is 7. The molecule has 1 aliphatic rings. The molecule has 3 heterocycles. The number of carbonyl (C=O) groups is 2. The van der Waals surface area contributed by atoms with Crippen molar-refractivity contribution in [1.82, 2.24) is 19.2 Å². The van der Waals surface area contributed by atoms with E-state index >= 15 is 0 Å². The van der Waals surface area contributed by atoms with Gasteiger partial charge in [0.2, 0.25) is 11.7 Å². The van der Waals surface area contributed by atoms with Crippen LogP contribution >= 0.6 is 11.6 Å². The van der Waals surface area contributed by atoms with Gasteiger partial charge in [0.1, 0.15) is 12.1 Å². The number of nitrogens with one attached hydrogen (secondary N) is 2. The molecule has 2 N–H and O–H groups in total. The van der Waals surface area contributed by atoms with E-state index in [1.165, 1.54) is 4.57 Å². The van der Waals surface area contributed by atoms with Crippen LogP contribution in [0, 0.1) is 0 Å². The zero-order chi connectivity index (χ0) is 34.1. The van der Waals surface area contributed by atoms with Gasteiger partial charge >= 0.3 is 12.3 Å². The zero-order valence-corrected chi connectivity index (χ0v) is 26.8. The van der Waals surface area contributed by atoms with E-state index < -0.39 is 41.4 Å². The number of nitrogens with zero attached hydrogens (tertiary/aromatic N) is 4. The molecule has 1 aliphatic heterocycles. The van der Waals surface area contributed by atoms with Crippen LogP contribution in [0.2, 0.25) is 5.02 Å². The van der Waals surface area contributed by atoms with Crippen LogP contribution in [0.15, 0.2) is 53.3 Å². The van der Waals surface area contributed by atoms with Gasteiger partial charge in [0.05, 0.1) is 40.7 Å². The van der Waals surface area contributed by atoms with Crippen molar-refractivity contribution in [3.63, 3.8) is 0 Å². The number of alkyl halides is 3. The SMILES string of the molecule is CCc1c(-c2ccccc2NC(=O)OC(C)(C)C)c(=O)n2nc(C3=CCOCC3)nc2n1CC(=O)Nc1ccc(C(F)(F)F)cc1Cl. The van der Waals surface area contributed by atoms with Crippen LogP contribution in [-0.2, 0) is 33.4 Å². The van der Waals surface area contributed by atoms with Crippen molar-refractivity contribution in [1.29, 1.82) is 0 Å². The Kier molecular flexibility index (Phi) is 9.46. The quantitative estimate of drug-likeness (QED) is 0.227. The number of amides is 2. The van der Waals surface area contributed by atoms with Crippen LogP contribution in [0.3, 0.4) is 0 Å². The van der Waals surface area contributed by atoms with E-state index in [4.69, 9.17) is 21.1 Å². The molecule has 248 valence electrons. The fourth-order valence-corrected chi connectivity index (χ4v) is 5.35. The molecule has 0 spiro atoms. The predicted octanol–water partition coefficient (Wildman–Crippen LogP) is 6.58. The average molecular weight is 673 g/mol. The summed E-state index contributed by atoms with van der Waals surface area (Å²) in [7, 11) is 0. The average Bonchev–Trinajstić information content (AvgIpc) is 3.45. The Hall–Kier alpha value is -4.69. The Morgan fingerprint density at radius 3 is 2.47 bits per heavy atom. The fraction of sp³-hybridized carbons (Fsp3) is 0.344. The Morgan fingerprint density at radius 1 is 1.09 bits per heavy atom. The minimum absolute atomic E-state index is 0.0265. The molecule has 4 aromatic rings. The van der Waals surface area contributed by atoms with Crippen LogP contribution in [0.1, 0.15) is 51.2 Å². The highest BCUT2D eigenvalue weighted by molar-refractivity contribution is 6.33. The molecule has 0 bridgehead atoms. The van der Waals surface area contributed by atoms with Crippen molar-refractivity contribution in [2.45, 2.75) is 58.9 Å². The summed E-state index contributed by atoms with van der Waals surface area (Å²) < 4.78 is 52.9. The number of fused-ring (bicyclic) bond motifs is 1. The third kappa shape index (κ3) is 7.49. The maximum atomic E-state index is 14.2. The van der Waals surface area contributed by atoms with E-state index in [0.717, 1.165) is 28.3 Å². The number of anilines is 2. The van der Waals surface area contributed by atoms with E-state index in [2.05, 4.69) is 20.7 Å². The van der Waals surface area contributed by atoms with Crippen molar-refractivity contribution in [2.24, 2.45) is 0 Å². The molecule has 0 saturated heterocycles. The zero-order valence-electron chi connectivity index (χ0n) is 26.0. The smallest absolute Gasteiger partial charge is 0.416 e. The second-order valence-electron chi connectivity index (χ2n) is 11.7. The monoisotopic (exact) mass is 672 g/mol. The number of aromatic nitrogens is 4. The molecule has 2 aromatic heterocycles. The second-order valence-corrected chi connectivity index (χ2v) is 12.1. The van der Waals surface area contributed by atoms with Gasteiger partial charge in [-0.15, -0.1) is 5.10 Å². The molecule has 47 heavy (non-hydrogen) atoms. The molecule has 11 nitrogen and oxygen atoms in total. The Morgan fingerprint density at radius 2 is 1.83 bits per heavy atom. The summed E-state index contributed by atoms with van der Waals surface area (Å²) in [5.74, 6) is -0.290. The molecule has 0 unspecified atom stereocenters. The van der Waals surface area contributed by atoms with Gasteiger partial charge in [-0.05, 0) is 63.5 Å². The summed E-state index contributed by atoms with van der Waals surface area (Å²) in [4.78, 5) is 45.1. The number of rotatable bonds is 7. The van der Waals surface area contributed by atoms with E-state index in [-0.39, 0.29) is 40.0 Å². The Bertz CT molecular complexity index is 1940. The first-order chi connectivity index (χ1) is 22.2. The van der Waals surface area contributed by atoms with Gasteiger partial charge in [-0.2, -0.15) is 22.7 Å². The molecule has 0 atom stereocenters. The van der Waals surface area contributed by atoms with E-state index in [1.54, 1.807) is 52.0 Å². The van der Waals surface area contributed by atoms with Crippen LogP contribution in [0.25, 0.3) is 22.5 Å². The van der Waals surface area contributed by atoms with Crippen LogP contribution in [0.5, 0.6) is 0 Å². The lowest BCUT2D eigenvalue weighted by atomic mass is 10.0. The number of hydrogen-bond donors (Lipinski definition) is 2. The van der Waals surface area contributed by atoms with Crippen LogP contribution < -0.4 is 16.2 Å². The van der Waals surface area contributed by atoms with E-state index in [0.29, 0.717) is 30.9 Å². The normalized spacial score (nSPS) is 13.7. The Balaban J connectivity index is 1.64. The molecule has 0 saturated carbocycles. The van der Waals surface area contributed by atoms with Gasteiger partial charge in [-0.3, -0.25) is 14.9 Å². The minimum atomic E-state index is -4.61. The standard InChI is InChI=1S/C32H32ClF3N6O5/c1-5-24-26(20-8-6-7-9-22(20)38-30(45)47-31(2,3)4)28(44)42-29(39-27(40-42)18-12-14-46-15-13-18)41(24)17-25(43)37-23-11-10-19(16-21(23)33)32(34,35)36/h6-12,16H,5,13-15,17H2,1-4H3,(H,37,43)(H,38,45). The summed E-state index contributed by atoms with van der Waals surface area (Å²) in [5.41, 5.74) is -0.351. The third-order valence-corrected chi connectivity index (χ3v) is 7.45. The topological polar surface area (TPSA) is 129 Å². The summed E-state index contributed by atoms with van der Waals surface area (Å²) in [6, 6.07) is 9.26. The molecule has 15 heteroatoms. The molecule has 5 rings (SSSR count). The lowest BCUT2D eigenvalue weighted by Gasteiger charge is -2.21. The van der Waals surface area contributed by atoms with Gasteiger partial charge < -0.3 is 19.4 Å². The van der Waals surface area contributed by atoms with Gasteiger partial charge in [0, 0.05) is 11.3 Å². The van der Waals surface area contributed by atoms with Gasteiger partial charge in [0.15, 0.2) is 5.82 Å². The first-order valence-corrected chi connectivity index (χ1v) is 15.1.